The fourth-order valence-electron chi connectivity index (χ4n) is 3.33. The van der Waals surface area contributed by atoms with Gasteiger partial charge in [0.05, 0.1) is 16.3 Å². The number of hydrogen-bond acceptors (Lipinski definition) is 3. The average molecular weight is 359 g/mol. The lowest BCUT2D eigenvalue weighted by Crippen LogP contribution is -2.45. The van der Waals surface area contributed by atoms with Crippen LogP contribution in [-0.2, 0) is 4.79 Å². The highest BCUT2D eigenvalue weighted by Gasteiger charge is 2.34. The number of benzene rings is 2. The number of amides is 1. The van der Waals surface area contributed by atoms with Crippen LogP contribution in [0.15, 0.2) is 59.4 Å². The summed E-state index contributed by atoms with van der Waals surface area (Å²) < 4.78 is 0. The maximum atomic E-state index is 13.1. The zero-order valence-electron chi connectivity index (χ0n) is 14.7. The van der Waals surface area contributed by atoms with Crippen LogP contribution in [0.3, 0.4) is 0 Å². The zero-order valence-corrected chi connectivity index (χ0v) is 14.7. The van der Waals surface area contributed by atoms with Gasteiger partial charge in [-0.1, -0.05) is 42.5 Å². The van der Waals surface area contributed by atoms with E-state index in [-0.39, 0.29) is 21.7 Å². The lowest BCUT2D eigenvalue weighted by Gasteiger charge is -2.28. The van der Waals surface area contributed by atoms with Gasteiger partial charge in [0.15, 0.2) is 0 Å². The van der Waals surface area contributed by atoms with Crippen molar-refractivity contribution in [1.82, 2.24) is 10.2 Å². The van der Waals surface area contributed by atoms with Gasteiger partial charge in [0.2, 0.25) is 5.78 Å². The Hall–Kier alpha value is -3.67. The van der Waals surface area contributed by atoms with E-state index in [1.807, 2.05) is 37.3 Å². The van der Waals surface area contributed by atoms with Gasteiger partial charge in [-0.2, -0.15) is 0 Å². The molecule has 0 radical (unpaired) electrons. The Bertz CT molecular complexity index is 1220. The van der Waals surface area contributed by atoms with Gasteiger partial charge in [0.25, 0.3) is 11.5 Å². The SMILES string of the molecule is CCN1C(=O)/C(=c2/[nH][nH]c(=O)/c2=C/c2ccccc2)C(=O)c2ccccc21. The van der Waals surface area contributed by atoms with Gasteiger partial charge in [-0.3, -0.25) is 24.6 Å². The van der Waals surface area contributed by atoms with Crippen LogP contribution < -0.4 is 21.0 Å². The number of aromatic amines is 2. The fraction of sp³-hybridized carbons (Fsp3) is 0.0952. The van der Waals surface area contributed by atoms with E-state index >= 15 is 0 Å². The number of para-hydroxylation sites is 1. The molecule has 0 saturated carbocycles. The van der Waals surface area contributed by atoms with E-state index < -0.39 is 11.7 Å². The van der Waals surface area contributed by atoms with Crippen LogP contribution in [0.1, 0.15) is 22.8 Å². The molecule has 2 heterocycles. The van der Waals surface area contributed by atoms with Crippen LogP contribution in [0.25, 0.3) is 11.6 Å². The Balaban J connectivity index is 2.06. The number of nitrogens with zero attached hydrogens (tertiary/aromatic N) is 1. The minimum atomic E-state index is -0.417. The number of Topliss-reactive ketones (excluding diaryl/α,β-unsaturated/α-hetero) is 1. The molecule has 0 saturated heterocycles. The van der Waals surface area contributed by atoms with Crippen molar-refractivity contribution < 1.29 is 9.59 Å². The highest BCUT2D eigenvalue weighted by molar-refractivity contribution is 6.51. The van der Waals surface area contributed by atoms with Gasteiger partial charge in [-0.05, 0) is 30.7 Å². The number of H-pyrrole nitrogens is 2. The van der Waals surface area contributed by atoms with Crippen LogP contribution in [-0.4, -0.2) is 28.4 Å². The Morgan fingerprint density at radius 2 is 1.63 bits per heavy atom. The molecule has 0 bridgehead atoms. The summed E-state index contributed by atoms with van der Waals surface area (Å²) in [5.41, 5.74) is 1.42. The predicted molar refractivity (Wildman–Crippen MR) is 103 cm³/mol. The average Bonchev–Trinajstić information content (AvgIpc) is 3.04. The van der Waals surface area contributed by atoms with Crippen molar-refractivity contribution in [2.45, 2.75) is 6.92 Å². The highest BCUT2D eigenvalue weighted by atomic mass is 16.2. The van der Waals surface area contributed by atoms with Crippen molar-refractivity contribution in [2.75, 3.05) is 11.4 Å². The summed E-state index contributed by atoms with van der Waals surface area (Å²) in [7, 11) is 0. The summed E-state index contributed by atoms with van der Waals surface area (Å²) in [6, 6.07) is 16.3. The standard InChI is InChI=1S/C21H17N3O3/c1-2-24-16-11-7-6-10-14(16)19(25)17(21(24)27)18-15(20(26)23-22-18)12-13-8-4-3-5-9-13/h3-12,22H,2H2,1H3,(H,23,26)/b15-12+,18-17+. The first-order valence-corrected chi connectivity index (χ1v) is 8.65. The molecule has 134 valence electrons. The molecule has 1 aliphatic heterocycles. The quantitative estimate of drug-likeness (QED) is 0.714. The third-order valence-electron chi connectivity index (χ3n) is 4.62. The number of rotatable bonds is 2. The summed E-state index contributed by atoms with van der Waals surface area (Å²) >= 11 is 0. The molecule has 2 aromatic carbocycles. The number of hydrogen-bond donors (Lipinski definition) is 2. The van der Waals surface area contributed by atoms with E-state index in [9.17, 15) is 14.4 Å². The molecule has 1 amide bonds. The first kappa shape index (κ1) is 16.8. The molecule has 0 unspecified atom stereocenters. The van der Waals surface area contributed by atoms with Gasteiger partial charge in [0, 0.05) is 12.1 Å². The predicted octanol–water partition coefficient (Wildman–Crippen LogP) is 0.932. The van der Waals surface area contributed by atoms with Crippen molar-refractivity contribution >= 4 is 29.0 Å². The monoisotopic (exact) mass is 359 g/mol. The molecular formula is C21H17N3O3. The van der Waals surface area contributed by atoms with Crippen molar-refractivity contribution in [3.8, 4) is 0 Å². The number of anilines is 1. The second-order valence-corrected chi connectivity index (χ2v) is 6.19. The largest absolute Gasteiger partial charge is 0.308 e. The molecule has 3 aromatic rings. The van der Waals surface area contributed by atoms with Crippen molar-refractivity contribution in [1.29, 1.82) is 0 Å². The second kappa shape index (κ2) is 6.57. The van der Waals surface area contributed by atoms with Crippen LogP contribution in [0, 0.1) is 0 Å². The number of ketones is 1. The first-order valence-electron chi connectivity index (χ1n) is 8.65. The molecule has 6 heteroatoms. The first-order chi connectivity index (χ1) is 13.1. The van der Waals surface area contributed by atoms with Crippen LogP contribution in [0.2, 0.25) is 0 Å². The molecule has 0 aliphatic carbocycles. The third kappa shape index (κ3) is 2.71. The Kier molecular flexibility index (Phi) is 4.08. The number of carbonyl (C=O) groups excluding carboxylic acids is 2. The van der Waals surface area contributed by atoms with E-state index in [4.69, 9.17) is 0 Å². The topological polar surface area (TPSA) is 86.0 Å². The normalized spacial score (nSPS) is 16.6. The van der Waals surface area contributed by atoms with E-state index in [0.717, 1.165) is 5.56 Å². The summed E-state index contributed by atoms with van der Waals surface area (Å²) in [6.07, 6.45) is 1.66. The van der Waals surface area contributed by atoms with Crippen LogP contribution in [0.4, 0.5) is 5.69 Å². The number of nitrogens with one attached hydrogen (secondary N) is 2. The Morgan fingerprint density at radius 1 is 0.926 bits per heavy atom. The maximum absolute atomic E-state index is 13.1. The van der Waals surface area contributed by atoms with E-state index in [0.29, 0.717) is 17.8 Å². The third-order valence-corrected chi connectivity index (χ3v) is 4.62. The molecule has 27 heavy (non-hydrogen) atoms. The Morgan fingerprint density at radius 3 is 2.37 bits per heavy atom. The van der Waals surface area contributed by atoms with Crippen molar-refractivity contribution in [2.24, 2.45) is 0 Å². The van der Waals surface area contributed by atoms with Gasteiger partial charge in [-0.15, -0.1) is 0 Å². The second-order valence-electron chi connectivity index (χ2n) is 6.19. The molecular weight excluding hydrogens is 342 g/mol. The minimum Gasteiger partial charge on any atom is -0.308 e. The summed E-state index contributed by atoms with van der Waals surface area (Å²) in [4.78, 5) is 40.0. The number of carbonyl (C=O) groups is 2. The Labute approximate surface area is 154 Å². The number of aromatic nitrogens is 2. The van der Waals surface area contributed by atoms with E-state index in [1.54, 1.807) is 35.2 Å². The number of fused-ring (bicyclic) bond motifs is 1. The molecule has 2 N–H and O–H groups in total. The lowest BCUT2D eigenvalue weighted by atomic mass is 9.94. The fourth-order valence-corrected chi connectivity index (χ4v) is 3.33. The molecule has 0 atom stereocenters. The van der Waals surface area contributed by atoms with Crippen molar-refractivity contribution in [3.05, 3.63) is 86.6 Å². The van der Waals surface area contributed by atoms with Gasteiger partial charge < -0.3 is 4.90 Å². The molecule has 1 aromatic heterocycles. The van der Waals surface area contributed by atoms with Gasteiger partial charge in [-0.25, -0.2) is 0 Å². The molecule has 1 aliphatic rings. The maximum Gasteiger partial charge on any atom is 0.271 e. The summed E-state index contributed by atoms with van der Waals surface area (Å²) in [6.45, 7) is 2.26. The molecule has 6 nitrogen and oxygen atoms in total. The summed E-state index contributed by atoms with van der Waals surface area (Å²) in [5.74, 6) is -0.808. The zero-order chi connectivity index (χ0) is 19.0. The van der Waals surface area contributed by atoms with Crippen LogP contribution in [0.5, 0.6) is 0 Å². The highest BCUT2D eigenvalue weighted by Crippen LogP contribution is 2.29. The minimum absolute atomic E-state index is 0.0314. The molecule has 0 fully saturated rings. The van der Waals surface area contributed by atoms with Gasteiger partial charge in [0.1, 0.15) is 5.57 Å². The van der Waals surface area contributed by atoms with Crippen LogP contribution >= 0.6 is 0 Å². The van der Waals surface area contributed by atoms with E-state index in [2.05, 4.69) is 10.2 Å². The van der Waals surface area contributed by atoms with Crippen molar-refractivity contribution in [3.63, 3.8) is 0 Å². The lowest BCUT2D eigenvalue weighted by molar-refractivity contribution is -0.113. The van der Waals surface area contributed by atoms with Gasteiger partial charge >= 0.3 is 0 Å². The van der Waals surface area contributed by atoms with E-state index in [1.165, 1.54) is 0 Å². The summed E-state index contributed by atoms with van der Waals surface area (Å²) in [5, 5.41) is 5.70. The smallest absolute Gasteiger partial charge is 0.271 e. The molecule has 4 rings (SSSR count). The molecule has 0 spiro atoms.